The van der Waals surface area contributed by atoms with E-state index in [1.54, 1.807) is 69.3 Å². The maximum absolute atomic E-state index is 13.0. The number of carbonyl (C=O) groups excluding carboxylic acids is 3. The van der Waals surface area contributed by atoms with E-state index in [4.69, 9.17) is 30.3 Å². The number of esters is 1. The summed E-state index contributed by atoms with van der Waals surface area (Å²) < 4.78 is 48.6. The third-order valence-electron chi connectivity index (χ3n) is 9.69. The number of hydrogen-bond acceptors (Lipinski definition) is 16. The number of aromatic carboxylic acids is 2. The molecule has 0 atom stereocenters. The molecule has 1 aliphatic rings. The highest BCUT2D eigenvalue weighted by atomic mass is 79.9. The summed E-state index contributed by atoms with van der Waals surface area (Å²) in [5.41, 5.74) is -3.05. The lowest BCUT2D eigenvalue weighted by molar-refractivity contribution is -0.123. The number of nitrogens with zero attached hydrogens (tertiary/aromatic N) is 7. The van der Waals surface area contributed by atoms with Gasteiger partial charge in [-0.05, 0) is 293 Å². The van der Waals surface area contributed by atoms with Gasteiger partial charge in [0.2, 0.25) is 0 Å². The van der Waals surface area contributed by atoms with Crippen LogP contribution < -0.4 is 10.5 Å². The first-order valence-electron chi connectivity index (χ1n) is 22.6. The van der Waals surface area contributed by atoms with Crippen LogP contribution in [0.2, 0.25) is 0 Å². The van der Waals surface area contributed by atoms with E-state index in [2.05, 4.69) is 184 Å². The summed E-state index contributed by atoms with van der Waals surface area (Å²) in [6, 6.07) is 23.1. The molecule has 8 rings (SSSR count). The maximum Gasteiger partial charge on any atom is 0.446 e. The average Bonchev–Trinajstić information content (AvgIpc) is 2.23. The fourth-order valence-corrected chi connectivity index (χ4v) is 12.6. The number of pyridine rings is 6. The van der Waals surface area contributed by atoms with Crippen LogP contribution in [0.4, 0.5) is 23.7 Å². The molecule has 1 aliphatic heterocycles. The van der Waals surface area contributed by atoms with Crippen LogP contribution in [0.1, 0.15) is 68.5 Å². The second-order valence-electron chi connectivity index (χ2n) is 16.2. The number of benzene rings is 1. The smallest absolute Gasteiger partial charge is 0.446 e. The van der Waals surface area contributed by atoms with E-state index in [1.165, 1.54) is 41.3 Å². The lowest BCUT2D eigenvalue weighted by atomic mass is 10.0. The van der Waals surface area contributed by atoms with Gasteiger partial charge >= 0.3 is 29.4 Å². The second-order valence-corrected chi connectivity index (χ2v) is 25.5. The van der Waals surface area contributed by atoms with Crippen LogP contribution in [0.3, 0.4) is 0 Å². The van der Waals surface area contributed by atoms with Crippen LogP contribution in [-0.4, -0.2) is 108 Å². The molecule has 1 saturated heterocycles. The molecule has 0 aliphatic carbocycles. The van der Waals surface area contributed by atoms with Crippen molar-refractivity contribution in [2.75, 3.05) is 11.5 Å². The van der Waals surface area contributed by atoms with Gasteiger partial charge in [0.25, 0.3) is 11.5 Å². The highest BCUT2D eigenvalue weighted by Crippen LogP contribution is 2.39. The fraction of sp³-hybridized carbons (Fsp3) is 0.180. The summed E-state index contributed by atoms with van der Waals surface area (Å²) in [7, 11) is 0. The first-order chi connectivity index (χ1) is 39.1. The molecule has 1 aromatic carbocycles. The van der Waals surface area contributed by atoms with E-state index >= 15 is 0 Å². The number of carboxylic acids is 2. The van der Waals surface area contributed by atoms with Gasteiger partial charge in [0.1, 0.15) is 51.6 Å². The highest BCUT2D eigenvalue weighted by Gasteiger charge is 2.51. The molecule has 0 bridgehead atoms. The van der Waals surface area contributed by atoms with Crippen LogP contribution in [0, 0.1) is 0 Å². The number of amides is 3. The van der Waals surface area contributed by atoms with Crippen molar-refractivity contribution in [3.8, 4) is 5.88 Å². The normalized spacial score (nSPS) is 12.1. The quantitative estimate of drug-likeness (QED) is 0.0321. The molecule has 84 heavy (non-hydrogen) atoms. The number of nitrogens with one attached hydrogen (secondary N) is 1. The van der Waals surface area contributed by atoms with Crippen molar-refractivity contribution in [1.82, 2.24) is 34.8 Å². The number of hydrogen-bond donors (Lipinski definition) is 6. The molecule has 6 N–H and O–H groups in total. The van der Waals surface area contributed by atoms with Gasteiger partial charge in [-0.15, -0.1) is 0 Å². The van der Waals surface area contributed by atoms with Gasteiger partial charge in [0, 0.05) is 23.6 Å². The third-order valence-corrected chi connectivity index (χ3v) is 14.5. The summed E-state index contributed by atoms with van der Waals surface area (Å²) in [4.78, 5) is 92.9. The van der Waals surface area contributed by atoms with Crippen molar-refractivity contribution in [2.24, 2.45) is 0 Å². The summed E-state index contributed by atoms with van der Waals surface area (Å²) >= 11 is 31.7. The number of anilines is 1. The van der Waals surface area contributed by atoms with Crippen molar-refractivity contribution >= 4 is 207 Å². The van der Waals surface area contributed by atoms with Crippen molar-refractivity contribution < 1.29 is 67.4 Å². The minimum absolute atomic E-state index is 0.0250. The molecular formula is C50H39Br10F3N8O12S. The molecule has 0 spiro atoms. The number of aliphatic hydroxyl groups excluding tert-OH is 2. The number of alkyl halides is 3. The van der Waals surface area contributed by atoms with Crippen LogP contribution >= 0.6 is 171 Å². The van der Waals surface area contributed by atoms with Crippen molar-refractivity contribution in [3.63, 3.8) is 0 Å². The van der Waals surface area contributed by atoms with Crippen LogP contribution in [0.5, 0.6) is 5.88 Å². The molecule has 3 amide bonds. The maximum atomic E-state index is 13.0. The molecule has 20 nitrogen and oxygen atoms in total. The van der Waals surface area contributed by atoms with Gasteiger partial charge in [-0.25, -0.2) is 49.0 Å². The van der Waals surface area contributed by atoms with E-state index in [0.29, 0.717) is 39.8 Å². The summed E-state index contributed by atoms with van der Waals surface area (Å²) in [5, 5.41) is 43.1. The molecule has 7 heterocycles. The molecule has 0 unspecified atom stereocenters. The van der Waals surface area contributed by atoms with Gasteiger partial charge in [0.15, 0.2) is 5.88 Å². The first-order valence-corrected chi connectivity index (χ1v) is 31.3. The Hall–Kier alpha value is -4.07. The van der Waals surface area contributed by atoms with Gasteiger partial charge in [-0.3, -0.25) is 14.6 Å². The second kappa shape index (κ2) is 35.1. The Bertz CT molecular complexity index is 3390. The third kappa shape index (κ3) is 25.7. The molecule has 448 valence electrons. The number of carboxylic acid groups (broad SMARTS) is 2. The summed E-state index contributed by atoms with van der Waals surface area (Å²) in [6.07, 6.45) is 0. The molecule has 0 radical (unpaired) electrons. The van der Waals surface area contributed by atoms with Crippen LogP contribution in [0.15, 0.2) is 153 Å². The molecule has 0 saturated carbocycles. The monoisotopic (exact) mass is 1820 g/mol. The predicted molar refractivity (Wildman–Crippen MR) is 339 cm³/mol. The zero-order chi connectivity index (χ0) is 63.4. The number of aromatic nitrogens is 6. The zero-order valence-electron chi connectivity index (χ0n) is 42.6. The van der Waals surface area contributed by atoms with E-state index < -0.39 is 46.4 Å². The van der Waals surface area contributed by atoms with E-state index in [0.717, 1.165) is 52.1 Å². The standard InChI is InChI=1S/C18H14Br2F3N3O2S.C8H7Br2NO2.C6H3Br2NO2.2C6H5Br2NO.C6H5NO4/c1-17(2)15(27)26(11-3-5-12(6-4-11)29-18(21,22)23)16(28)25(17)9-10-7-13(19)24-14(20)8-10;1-2-13-8(12)5-3-6(9)11-7(10)4-5;7-4-1-3(6(10)11)2-5(8)9-4;2*7-5-1-4(3-10)2-6(8)9-5;8-4-1-3(6(10)11)2-5(9)7-4/h3-8H,9H2,1-2H3;3-4H,2H2,1H3;1-2H,(H,10,11);2*1-2,10H,3H2;1-2H,(H,10,11)(H2,7,8,9). The predicted octanol–water partition coefficient (Wildman–Crippen LogP) is 15.0. The summed E-state index contributed by atoms with van der Waals surface area (Å²) in [6.45, 7) is 5.65. The van der Waals surface area contributed by atoms with Gasteiger partial charge < -0.3 is 35.2 Å². The lowest BCUT2D eigenvalue weighted by Crippen LogP contribution is -2.43. The number of thioether (sulfide) groups is 1. The Morgan fingerprint density at radius 1 is 0.583 bits per heavy atom. The van der Waals surface area contributed by atoms with Crippen LogP contribution in [-0.2, 0) is 29.3 Å². The molecular weight excluding hydrogens is 1790 g/mol. The number of carbonyl (C=O) groups is 5. The van der Waals surface area contributed by atoms with E-state index in [1.807, 2.05) is 4.98 Å². The molecule has 34 heteroatoms. The lowest BCUT2D eigenvalue weighted by Gasteiger charge is -2.27. The number of rotatable bonds is 10. The first kappa shape index (κ1) is 74.2. The number of aromatic amines is 1. The Kier molecular flexibility index (Phi) is 31.0. The molecule has 1 fully saturated rings. The Balaban J connectivity index is 0.000000283. The van der Waals surface area contributed by atoms with Crippen LogP contribution in [0.25, 0.3) is 0 Å². The van der Waals surface area contributed by atoms with Gasteiger partial charge in [0.05, 0.1) is 42.2 Å². The highest BCUT2D eigenvalue weighted by molar-refractivity contribution is 9.12. The largest absolute Gasteiger partial charge is 0.494 e. The number of urea groups is 1. The van der Waals surface area contributed by atoms with Gasteiger partial charge in [-0.1, -0.05) is 0 Å². The van der Waals surface area contributed by atoms with E-state index in [9.17, 15) is 41.9 Å². The molecule has 7 aromatic rings. The minimum Gasteiger partial charge on any atom is -0.494 e. The fourth-order valence-electron chi connectivity index (χ4n) is 6.16. The van der Waals surface area contributed by atoms with Crippen molar-refractivity contribution in [2.45, 2.75) is 56.5 Å². The number of H-pyrrole nitrogens is 1. The average molecular weight is 1830 g/mol. The number of ether oxygens (including phenoxy) is 1. The van der Waals surface area contributed by atoms with Gasteiger partial charge in [-0.2, -0.15) is 13.2 Å². The summed E-state index contributed by atoms with van der Waals surface area (Å²) in [5.74, 6) is -3.45. The number of aromatic hydroxyl groups is 1. The Labute approximate surface area is 563 Å². The SMILES string of the molecule is CC1(C)C(=O)N(c2ccc(SC(F)(F)F)cc2)C(=O)N1Cc1cc(Br)nc(Br)c1.CCOC(=O)c1cc(Br)nc(Br)c1.O=C(O)c1cc(Br)nc(Br)c1.O=C(O)c1cc(O)[nH]c(=O)c1.OCc1cc(Br)nc(Br)c1.OCc1cc(Br)nc(Br)c1. The number of aliphatic hydroxyl groups is 2. The Morgan fingerprint density at radius 3 is 1.29 bits per heavy atom. The minimum atomic E-state index is -4.41. The molecule has 6 aromatic heterocycles. The Morgan fingerprint density at radius 2 is 0.940 bits per heavy atom. The zero-order valence-corrected chi connectivity index (χ0v) is 59.3. The van der Waals surface area contributed by atoms with Crippen molar-refractivity contribution in [1.29, 1.82) is 0 Å². The van der Waals surface area contributed by atoms with Crippen molar-refractivity contribution in [3.05, 3.63) is 187 Å². The van der Waals surface area contributed by atoms with E-state index in [-0.39, 0.29) is 59.2 Å². The number of halogens is 13. The topological polar surface area (TPSA) is 300 Å². The number of imide groups is 1.